The van der Waals surface area contributed by atoms with E-state index in [0.717, 1.165) is 0 Å². The SMILES string of the molecule is COc1cc(C(C)=O)ccc1Oc1ccc([N+](=O)[O-])cc1Cl. The van der Waals surface area contributed by atoms with E-state index < -0.39 is 4.92 Å². The van der Waals surface area contributed by atoms with E-state index in [0.29, 0.717) is 17.1 Å². The summed E-state index contributed by atoms with van der Waals surface area (Å²) < 4.78 is 10.8. The van der Waals surface area contributed by atoms with Crippen LogP contribution < -0.4 is 9.47 Å². The predicted octanol–water partition coefficient (Wildman–Crippen LogP) is 4.25. The molecule has 0 unspecified atom stereocenters. The number of nitro benzene ring substituents is 1. The maximum absolute atomic E-state index is 11.4. The molecule has 0 radical (unpaired) electrons. The van der Waals surface area contributed by atoms with E-state index >= 15 is 0 Å². The largest absolute Gasteiger partial charge is 0.493 e. The van der Waals surface area contributed by atoms with Crippen molar-refractivity contribution in [2.75, 3.05) is 7.11 Å². The van der Waals surface area contributed by atoms with Gasteiger partial charge in [0.25, 0.3) is 5.69 Å². The van der Waals surface area contributed by atoms with Crippen molar-refractivity contribution in [1.82, 2.24) is 0 Å². The van der Waals surface area contributed by atoms with Crippen molar-refractivity contribution in [3.05, 3.63) is 57.1 Å². The molecule has 0 bridgehead atoms. The molecule has 0 N–H and O–H groups in total. The highest BCUT2D eigenvalue weighted by Crippen LogP contribution is 2.37. The number of rotatable bonds is 5. The molecule has 0 amide bonds. The number of Topliss-reactive ketones (excluding diaryl/α,β-unsaturated/α-hetero) is 1. The zero-order chi connectivity index (χ0) is 16.3. The highest BCUT2D eigenvalue weighted by atomic mass is 35.5. The van der Waals surface area contributed by atoms with Crippen LogP contribution in [0, 0.1) is 10.1 Å². The Morgan fingerprint density at radius 2 is 1.82 bits per heavy atom. The predicted molar refractivity (Wildman–Crippen MR) is 81.2 cm³/mol. The molecule has 0 aliphatic rings. The Kier molecular flexibility index (Phi) is 4.62. The fraction of sp³-hybridized carbons (Fsp3) is 0.133. The van der Waals surface area contributed by atoms with Gasteiger partial charge in [-0.05, 0) is 31.2 Å². The Bertz CT molecular complexity index is 745. The second kappa shape index (κ2) is 6.44. The van der Waals surface area contributed by atoms with Gasteiger partial charge in [-0.15, -0.1) is 0 Å². The first-order chi connectivity index (χ1) is 10.4. The van der Waals surface area contributed by atoms with E-state index in [-0.39, 0.29) is 22.2 Å². The number of non-ortho nitro benzene ring substituents is 1. The molecule has 0 heterocycles. The number of methoxy groups -OCH3 is 1. The van der Waals surface area contributed by atoms with Gasteiger partial charge in [0.05, 0.1) is 17.1 Å². The number of nitro groups is 1. The van der Waals surface area contributed by atoms with E-state index in [1.807, 2.05) is 0 Å². The molecule has 2 rings (SSSR count). The van der Waals surface area contributed by atoms with Gasteiger partial charge in [0.2, 0.25) is 0 Å². The van der Waals surface area contributed by atoms with Crippen molar-refractivity contribution in [2.45, 2.75) is 6.92 Å². The molecular formula is C15H12ClNO5. The molecule has 114 valence electrons. The van der Waals surface area contributed by atoms with Gasteiger partial charge in [-0.25, -0.2) is 0 Å². The van der Waals surface area contributed by atoms with Gasteiger partial charge in [-0.1, -0.05) is 11.6 Å². The molecule has 0 aliphatic heterocycles. The molecule has 0 spiro atoms. The fourth-order valence-corrected chi connectivity index (χ4v) is 1.99. The second-order valence-corrected chi connectivity index (χ2v) is 4.80. The van der Waals surface area contributed by atoms with E-state index in [1.165, 1.54) is 32.2 Å². The summed E-state index contributed by atoms with van der Waals surface area (Å²) in [5, 5.41) is 10.8. The number of halogens is 1. The summed E-state index contributed by atoms with van der Waals surface area (Å²) in [5.74, 6) is 0.865. The highest BCUT2D eigenvalue weighted by Gasteiger charge is 2.14. The van der Waals surface area contributed by atoms with Crippen molar-refractivity contribution < 1.29 is 19.2 Å². The molecule has 2 aromatic rings. The maximum Gasteiger partial charge on any atom is 0.271 e. The minimum atomic E-state index is -0.544. The molecule has 0 atom stereocenters. The number of nitrogens with zero attached hydrogens (tertiary/aromatic N) is 1. The molecule has 2 aromatic carbocycles. The van der Waals surface area contributed by atoms with Crippen LogP contribution in [0.5, 0.6) is 17.2 Å². The van der Waals surface area contributed by atoms with Crippen LogP contribution in [0.1, 0.15) is 17.3 Å². The Labute approximate surface area is 131 Å². The van der Waals surface area contributed by atoms with Gasteiger partial charge in [0.1, 0.15) is 5.75 Å². The first-order valence-corrected chi connectivity index (χ1v) is 6.61. The second-order valence-electron chi connectivity index (χ2n) is 4.40. The van der Waals surface area contributed by atoms with Gasteiger partial charge >= 0.3 is 0 Å². The third-order valence-corrected chi connectivity index (χ3v) is 3.21. The van der Waals surface area contributed by atoms with Crippen molar-refractivity contribution in [2.24, 2.45) is 0 Å². The summed E-state index contributed by atoms with van der Waals surface area (Å²) in [6, 6.07) is 8.62. The number of benzene rings is 2. The van der Waals surface area contributed by atoms with Crippen LogP contribution in [0.25, 0.3) is 0 Å². The van der Waals surface area contributed by atoms with Crippen molar-refractivity contribution in [3.63, 3.8) is 0 Å². The van der Waals surface area contributed by atoms with E-state index in [1.54, 1.807) is 18.2 Å². The van der Waals surface area contributed by atoms with Gasteiger partial charge in [0, 0.05) is 17.7 Å². The summed E-state index contributed by atoms with van der Waals surface area (Å²) in [4.78, 5) is 21.5. The van der Waals surface area contributed by atoms with Crippen molar-refractivity contribution in [1.29, 1.82) is 0 Å². The van der Waals surface area contributed by atoms with Gasteiger partial charge in [0.15, 0.2) is 17.3 Å². The molecule has 0 saturated carbocycles. The third-order valence-electron chi connectivity index (χ3n) is 2.92. The summed E-state index contributed by atoms with van der Waals surface area (Å²) in [6.07, 6.45) is 0. The lowest BCUT2D eigenvalue weighted by atomic mass is 10.1. The summed E-state index contributed by atoms with van der Waals surface area (Å²) in [5.41, 5.74) is 0.357. The lowest BCUT2D eigenvalue weighted by Gasteiger charge is -2.12. The Balaban J connectivity index is 2.34. The topological polar surface area (TPSA) is 78.7 Å². The van der Waals surface area contributed by atoms with Crippen LogP contribution in [0.3, 0.4) is 0 Å². The molecular weight excluding hydrogens is 310 g/mol. The number of ether oxygens (including phenoxy) is 2. The van der Waals surface area contributed by atoms with Crippen molar-refractivity contribution in [3.8, 4) is 17.2 Å². The molecule has 0 saturated heterocycles. The van der Waals surface area contributed by atoms with Crippen LogP contribution in [-0.4, -0.2) is 17.8 Å². The van der Waals surface area contributed by atoms with Gasteiger partial charge in [-0.3, -0.25) is 14.9 Å². The number of carbonyl (C=O) groups is 1. The molecule has 0 aliphatic carbocycles. The van der Waals surface area contributed by atoms with Crippen LogP contribution in [0.2, 0.25) is 5.02 Å². The van der Waals surface area contributed by atoms with Gasteiger partial charge in [-0.2, -0.15) is 0 Å². The molecule has 0 aromatic heterocycles. The molecule has 7 heteroatoms. The summed E-state index contributed by atoms with van der Waals surface area (Å²) in [7, 11) is 1.45. The normalized spacial score (nSPS) is 10.1. The van der Waals surface area contributed by atoms with E-state index in [4.69, 9.17) is 21.1 Å². The summed E-state index contributed by atoms with van der Waals surface area (Å²) >= 11 is 5.98. The number of hydrogen-bond donors (Lipinski definition) is 0. The maximum atomic E-state index is 11.4. The van der Waals surface area contributed by atoms with Gasteiger partial charge < -0.3 is 9.47 Å². The Morgan fingerprint density at radius 3 is 2.36 bits per heavy atom. The third kappa shape index (κ3) is 3.35. The minimum absolute atomic E-state index is 0.0989. The fourth-order valence-electron chi connectivity index (χ4n) is 1.78. The first kappa shape index (κ1) is 15.8. The average Bonchev–Trinajstić information content (AvgIpc) is 2.49. The van der Waals surface area contributed by atoms with E-state index in [2.05, 4.69) is 0 Å². The Hall–Kier alpha value is -2.60. The standard InChI is InChI=1S/C15H12ClNO5/c1-9(18)10-3-5-14(15(7-10)21-2)22-13-6-4-11(17(19)20)8-12(13)16/h3-8H,1-2H3. The minimum Gasteiger partial charge on any atom is -0.493 e. The van der Waals surface area contributed by atoms with Crippen LogP contribution >= 0.6 is 11.6 Å². The van der Waals surface area contributed by atoms with E-state index in [9.17, 15) is 14.9 Å². The smallest absolute Gasteiger partial charge is 0.271 e. The van der Waals surface area contributed by atoms with Crippen LogP contribution in [0.15, 0.2) is 36.4 Å². The zero-order valence-electron chi connectivity index (χ0n) is 11.8. The van der Waals surface area contributed by atoms with Crippen molar-refractivity contribution >= 4 is 23.1 Å². The monoisotopic (exact) mass is 321 g/mol. The lowest BCUT2D eigenvalue weighted by Crippen LogP contribution is -1.96. The lowest BCUT2D eigenvalue weighted by molar-refractivity contribution is -0.384. The molecule has 6 nitrogen and oxygen atoms in total. The number of carbonyl (C=O) groups excluding carboxylic acids is 1. The zero-order valence-corrected chi connectivity index (χ0v) is 12.6. The average molecular weight is 322 g/mol. The molecule has 22 heavy (non-hydrogen) atoms. The number of ketones is 1. The quantitative estimate of drug-likeness (QED) is 0.467. The number of hydrogen-bond acceptors (Lipinski definition) is 5. The highest BCUT2D eigenvalue weighted by molar-refractivity contribution is 6.32. The first-order valence-electron chi connectivity index (χ1n) is 6.23. The summed E-state index contributed by atoms with van der Waals surface area (Å²) in [6.45, 7) is 1.45. The molecule has 0 fully saturated rings. The Morgan fingerprint density at radius 1 is 1.14 bits per heavy atom. The van der Waals surface area contributed by atoms with Crippen LogP contribution in [0.4, 0.5) is 5.69 Å². The van der Waals surface area contributed by atoms with Crippen LogP contribution in [-0.2, 0) is 0 Å².